The highest BCUT2D eigenvalue weighted by atomic mass is 35.5. The molecule has 2 aromatic rings. The van der Waals surface area contributed by atoms with Gasteiger partial charge in [-0.2, -0.15) is 0 Å². The van der Waals surface area contributed by atoms with Crippen LogP contribution in [0.25, 0.3) is 0 Å². The first kappa shape index (κ1) is 15.9. The van der Waals surface area contributed by atoms with Gasteiger partial charge >= 0.3 is 0 Å². The molecule has 1 aromatic carbocycles. The second-order valence-corrected chi connectivity index (χ2v) is 5.37. The van der Waals surface area contributed by atoms with E-state index in [-0.39, 0.29) is 5.91 Å². The summed E-state index contributed by atoms with van der Waals surface area (Å²) in [6.45, 7) is 2.63. The van der Waals surface area contributed by atoms with Crippen LogP contribution < -0.4 is 10.6 Å². The average Bonchev–Trinajstić information content (AvgIpc) is 2.45. The van der Waals surface area contributed by atoms with E-state index in [4.69, 9.17) is 34.8 Å². The summed E-state index contributed by atoms with van der Waals surface area (Å²) in [5, 5.41) is 6.75. The van der Waals surface area contributed by atoms with Gasteiger partial charge in [-0.1, -0.05) is 34.8 Å². The van der Waals surface area contributed by atoms with Gasteiger partial charge in [0, 0.05) is 18.9 Å². The number of anilines is 2. The number of aromatic nitrogens is 1. The maximum Gasteiger partial charge on any atom is 0.259 e. The molecule has 0 atom stereocenters. The van der Waals surface area contributed by atoms with Crippen LogP contribution in [0.15, 0.2) is 30.6 Å². The molecule has 4 nitrogen and oxygen atoms in total. The molecule has 2 N–H and O–H groups in total. The number of carbonyl (C=O) groups excluding carboxylic acids is 1. The lowest BCUT2D eigenvalue weighted by atomic mass is 10.2. The lowest BCUT2D eigenvalue weighted by Crippen LogP contribution is -2.15. The van der Waals surface area contributed by atoms with Crippen molar-refractivity contribution in [1.82, 2.24) is 4.98 Å². The Kier molecular flexibility index (Phi) is 5.28. The van der Waals surface area contributed by atoms with Crippen LogP contribution in [-0.4, -0.2) is 17.4 Å². The topological polar surface area (TPSA) is 54.0 Å². The Hall–Kier alpha value is -1.49. The first-order valence-electron chi connectivity index (χ1n) is 6.16. The number of amides is 1. The van der Waals surface area contributed by atoms with Gasteiger partial charge in [-0.05, 0) is 25.1 Å². The van der Waals surface area contributed by atoms with Gasteiger partial charge in [0.1, 0.15) is 0 Å². The third-order valence-electron chi connectivity index (χ3n) is 2.69. The smallest absolute Gasteiger partial charge is 0.259 e. The number of halogens is 3. The fourth-order valence-electron chi connectivity index (χ4n) is 1.73. The number of carbonyl (C=O) groups is 1. The summed E-state index contributed by atoms with van der Waals surface area (Å²) in [6.07, 6.45) is 3.10. The summed E-state index contributed by atoms with van der Waals surface area (Å²) in [6, 6.07) is 4.72. The second-order valence-electron chi connectivity index (χ2n) is 4.15. The molecular weight excluding hydrogens is 333 g/mol. The lowest BCUT2D eigenvalue weighted by Gasteiger charge is -2.12. The Labute approximate surface area is 137 Å². The predicted octanol–water partition coefficient (Wildman–Crippen LogP) is 4.73. The van der Waals surface area contributed by atoms with Gasteiger partial charge in [0.05, 0.1) is 32.0 Å². The Morgan fingerprint density at radius 2 is 1.86 bits per heavy atom. The van der Waals surface area contributed by atoms with Crippen molar-refractivity contribution in [2.45, 2.75) is 6.92 Å². The van der Waals surface area contributed by atoms with Crippen LogP contribution in [0.3, 0.4) is 0 Å². The second kappa shape index (κ2) is 6.98. The molecular formula is C14H12Cl3N3O. The largest absolute Gasteiger partial charge is 0.385 e. The monoisotopic (exact) mass is 343 g/mol. The molecule has 0 saturated carbocycles. The van der Waals surface area contributed by atoms with Crippen LogP contribution in [0.4, 0.5) is 11.4 Å². The highest BCUT2D eigenvalue weighted by Crippen LogP contribution is 2.32. The van der Waals surface area contributed by atoms with Gasteiger partial charge in [-0.25, -0.2) is 0 Å². The number of hydrogen-bond donors (Lipinski definition) is 2. The molecule has 110 valence electrons. The van der Waals surface area contributed by atoms with Crippen molar-refractivity contribution < 1.29 is 4.79 Å². The van der Waals surface area contributed by atoms with Crippen LogP contribution >= 0.6 is 34.8 Å². The van der Waals surface area contributed by atoms with Crippen LogP contribution in [-0.2, 0) is 0 Å². The molecule has 21 heavy (non-hydrogen) atoms. The van der Waals surface area contributed by atoms with E-state index in [1.807, 2.05) is 6.92 Å². The van der Waals surface area contributed by atoms with Crippen molar-refractivity contribution in [3.63, 3.8) is 0 Å². The summed E-state index contributed by atoms with van der Waals surface area (Å²) in [7, 11) is 0. The zero-order chi connectivity index (χ0) is 15.4. The fraction of sp³-hybridized carbons (Fsp3) is 0.143. The number of nitrogens with one attached hydrogen (secondary N) is 2. The van der Waals surface area contributed by atoms with Crippen LogP contribution in [0, 0.1) is 0 Å². The van der Waals surface area contributed by atoms with E-state index in [1.54, 1.807) is 12.3 Å². The van der Waals surface area contributed by atoms with E-state index >= 15 is 0 Å². The molecule has 0 aliphatic carbocycles. The standard InChI is InChI=1S/C14H12Cl3N3O/c1-2-19-12-3-4-18-7-8(12)14(21)20-13-6-10(16)9(15)5-11(13)17/h3-7H,2H2,1H3,(H,18,19)(H,20,21). The average molecular weight is 345 g/mol. The number of nitrogens with zero attached hydrogens (tertiary/aromatic N) is 1. The Morgan fingerprint density at radius 1 is 1.14 bits per heavy atom. The maximum atomic E-state index is 12.3. The van der Waals surface area contributed by atoms with E-state index in [2.05, 4.69) is 15.6 Å². The van der Waals surface area contributed by atoms with Crippen LogP contribution in [0.2, 0.25) is 15.1 Å². The number of benzene rings is 1. The summed E-state index contributed by atoms with van der Waals surface area (Å²) >= 11 is 17.8. The highest BCUT2D eigenvalue weighted by molar-refractivity contribution is 6.44. The van der Waals surface area contributed by atoms with Gasteiger partial charge in [0.25, 0.3) is 5.91 Å². The predicted molar refractivity (Wildman–Crippen MR) is 87.8 cm³/mol. The minimum Gasteiger partial charge on any atom is -0.385 e. The van der Waals surface area contributed by atoms with Crippen molar-refractivity contribution >= 4 is 52.1 Å². The molecule has 0 aliphatic rings. The van der Waals surface area contributed by atoms with Crippen molar-refractivity contribution in [3.8, 4) is 0 Å². The molecule has 0 radical (unpaired) electrons. The number of pyridine rings is 1. The van der Waals surface area contributed by atoms with E-state index in [1.165, 1.54) is 18.3 Å². The van der Waals surface area contributed by atoms with Gasteiger partial charge < -0.3 is 10.6 Å². The van der Waals surface area contributed by atoms with Crippen LogP contribution in [0.1, 0.15) is 17.3 Å². The Bertz CT molecular complexity index is 677. The molecule has 1 heterocycles. The molecule has 2 rings (SSSR count). The number of hydrogen-bond acceptors (Lipinski definition) is 3. The third kappa shape index (κ3) is 3.79. The summed E-state index contributed by atoms with van der Waals surface area (Å²) in [4.78, 5) is 16.3. The van der Waals surface area contributed by atoms with Crippen LogP contribution in [0.5, 0.6) is 0 Å². The highest BCUT2D eigenvalue weighted by Gasteiger charge is 2.14. The summed E-state index contributed by atoms with van der Waals surface area (Å²) < 4.78 is 0. The third-order valence-corrected chi connectivity index (χ3v) is 3.73. The molecule has 0 aliphatic heterocycles. The number of rotatable bonds is 4. The SMILES string of the molecule is CCNc1ccncc1C(=O)Nc1cc(Cl)c(Cl)cc1Cl. The van der Waals surface area contributed by atoms with E-state index < -0.39 is 0 Å². The first-order valence-corrected chi connectivity index (χ1v) is 7.30. The minimum atomic E-state index is -0.334. The quantitative estimate of drug-likeness (QED) is 0.789. The summed E-state index contributed by atoms with van der Waals surface area (Å²) in [5.74, 6) is -0.334. The zero-order valence-corrected chi connectivity index (χ0v) is 13.4. The molecule has 1 amide bonds. The summed E-state index contributed by atoms with van der Waals surface area (Å²) in [5.41, 5.74) is 1.50. The van der Waals surface area contributed by atoms with Crippen molar-refractivity contribution in [2.75, 3.05) is 17.2 Å². The van der Waals surface area contributed by atoms with Gasteiger partial charge in [0.15, 0.2) is 0 Å². The molecule has 0 spiro atoms. The van der Waals surface area contributed by atoms with E-state index in [9.17, 15) is 4.79 Å². The van der Waals surface area contributed by atoms with E-state index in [0.29, 0.717) is 38.6 Å². The molecule has 0 fully saturated rings. The Morgan fingerprint density at radius 3 is 2.57 bits per heavy atom. The van der Waals surface area contributed by atoms with E-state index in [0.717, 1.165) is 0 Å². The molecule has 0 bridgehead atoms. The van der Waals surface area contributed by atoms with Crippen molar-refractivity contribution in [2.24, 2.45) is 0 Å². The fourth-order valence-corrected chi connectivity index (χ4v) is 2.32. The van der Waals surface area contributed by atoms with Gasteiger partial charge in [-0.3, -0.25) is 9.78 Å². The van der Waals surface area contributed by atoms with Gasteiger partial charge in [0.2, 0.25) is 0 Å². The zero-order valence-electron chi connectivity index (χ0n) is 11.1. The normalized spacial score (nSPS) is 10.3. The molecule has 7 heteroatoms. The lowest BCUT2D eigenvalue weighted by molar-refractivity contribution is 0.102. The maximum absolute atomic E-state index is 12.3. The van der Waals surface area contributed by atoms with Crippen molar-refractivity contribution in [1.29, 1.82) is 0 Å². The molecule has 1 aromatic heterocycles. The molecule has 0 saturated heterocycles. The van der Waals surface area contributed by atoms with Crippen molar-refractivity contribution in [3.05, 3.63) is 51.2 Å². The minimum absolute atomic E-state index is 0.312. The first-order chi connectivity index (χ1) is 10.0. The van der Waals surface area contributed by atoms with Gasteiger partial charge in [-0.15, -0.1) is 0 Å². The Balaban J connectivity index is 2.28. The molecule has 0 unspecified atom stereocenters.